The van der Waals surface area contributed by atoms with E-state index in [2.05, 4.69) is 81.5 Å². The number of hydrogen-bond donors (Lipinski definition) is 0. The van der Waals surface area contributed by atoms with Gasteiger partial charge in [-0.25, -0.2) is 0 Å². The summed E-state index contributed by atoms with van der Waals surface area (Å²) < 4.78 is 16.6. The zero-order chi connectivity index (χ0) is 42.3. The van der Waals surface area contributed by atoms with E-state index in [9.17, 15) is 14.4 Å². The largest absolute Gasteiger partial charge is 0.462 e. The van der Waals surface area contributed by atoms with Gasteiger partial charge in [0.2, 0.25) is 0 Å². The Labute approximate surface area is 357 Å². The van der Waals surface area contributed by atoms with Crippen LogP contribution in [0.4, 0.5) is 0 Å². The Hall–Kier alpha value is -3.15. The van der Waals surface area contributed by atoms with Gasteiger partial charge in [0, 0.05) is 12.8 Å². The van der Waals surface area contributed by atoms with Gasteiger partial charge in [-0.05, 0) is 70.6 Å². The Morgan fingerprint density at radius 1 is 0.379 bits per heavy atom. The molecule has 6 heteroatoms. The van der Waals surface area contributed by atoms with Gasteiger partial charge in [-0.3, -0.25) is 14.4 Å². The molecule has 0 spiro atoms. The summed E-state index contributed by atoms with van der Waals surface area (Å²) in [4.78, 5) is 37.7. The third-order valence-electron chi connectivity index (χ3n) is 9.98. The highest BCUT2D eigenvalue weighted by molar-refractivity contribution is 5.72. The zero-order valence-corrected chi connectivity index (χ0v) is 37.8. The van der Waals surface area contributed by atoms with Gasteiger partial charge in [0.1, 0.15) is 13.2 Å². The van der Waals surface area contributed by atoms with Crippen LogP contribution >= 0.6 is 0 Å². The predicted molar refractivity (Wildman–Crippen MR) is 247 cm³/mol. The van der Waals surface area contributed by atoms with Crippen LogP contribution in [0.25, 0.3) is 0 Å². The van der Waals surface area contributed by atoms with Gasteiger partial charge in [-0.1, -0.05) is 203 Å². The molecule has 0 aromatic heterocycles. The lowest BCUT2D eigenvalue weighted by molar-refractivity contribution is -0.166. The molecule has 6 nitrogen and oxygen atoms in total. The van der Waals surface area contributed by atoms with E-state index in [0.717, 1.165) is 70.6 Å². The average molecular weight is 809 g/mol. The Morgan fingerprint density at radius 2 is 0.724 bits per heavy atom. The normalized spacial score (nSPS) is 12.7. The SMILES string of the molecule is CC/C=C\C/C=C\C/C=C\C/C=C\C/C=C\CC(=O)OC(COC(=O)CCCCCCCCCC)COC(=O)CCCCCCCCC/C=C\CCCCCCCC. The molecule has 0 saturated carbocycles. The van der Waals surface area contributed by atoms with Crippen molar-refractivity contribution >= 4 is 17.9 Å². The summed E-state index contributed by atoms with van der Waals surface area (Å²) in [5.41, 5.74) is 0. The minimum atomic E-state index is -0.827. The first kappa shape index (κ1) is 54.9. The number of rotatable bonds is 42. The molecule has 0 aliphatic heterocycles. The maximum absolute atomic E-state index is 12.7. The Balaban J connectivity index is 4.44. The highest BCUT2D eigenvalue weighted by atomic mass is 16.6. The fourth-order valence-corrected chi connectivity index (χ4v) is 6.39. The molecule has 0 rings (SSSR count). The van der Waals surface area contributed by atoms with Crippen LogP contribution in [-0.2, 0) is 28.6 Å². The average Bonchev–Trinajstić information content (AvgIpc) is 3.22. The first-order chi connectivity index (χ1) is 28.5. The van der Waals surface area contributed by atoms with E-state index in [0.29, 0.717) is 12.8 Å². The minimum absolute atomic E-state index is 0.0973. The van der Waals surface area contributed by atoms with E-state index in [1.165, 1.54) is 109 Å². The molecule has 0 aliphatic carbocycles. The van der Waals surface area contributed by atoms with Gasteiger partial charge < -0.3 is 14.2 Å². The van der Waals surface area contributed by atoms with E-state index in [-0.39, 0.29) is 31.6 Å². The van der Waals surface area contributed by atoms with Crippen LogP contribution in [0.2, 0.25) is 0 Å². The molecule has 0 saturated heterocycles. The van der Waals surface area contributed by atoms with Gasteiger partial charge >= 0.3 is 17.9 Å². The summed E-state index contributed by atoms with van der Waals surface area (Å²) in [5.74, 6) is -1.06. The Kier molecular flexibility index (Phi) is 44.0. The van der Waals surface area contributed by atoms with Crippen LogP contribution in [0.1, 0.15) is 220 Å². The van der Waals surface area contributed by atoms with E-state index in [1.807, 2.05) is 6.08 Å². The van der Waals surface area contributed by atoms with Gasteiger partial charge in [-0.2, -0.15) is 0 Å². The van der Waals surface area contributed by atoms with Crippen LogP contribution in [-0.4, -0.2) is 37.2 Å². The number of esters is 3. The van der Waals surface area contributed by atoms with Crippen molar-refractivity contribution in [3.05, 3.63) is 72.9 Å². The maximum atomic E-state index is 12.7. The zero-order valence-electron chi connectivity index (χ0n) is 37.8. The molecule has 0 aliphatic rings. The smallest absolute Gasteiger partial charge is 0.310 e. The van der Waals surface area contributed by atoms with Crippen LogP contribution < -0.4 is 0 Å². The minimum Gasteiger partial charge on any atom is -0.462 e. The lowest BCUT2D eigenvalue weighted by atomic mass is 10.1. The highest BCUT2D eigenvalue weighted by Gasteiger charge is 2.19. The molecule has 58 heavy (non-hydrogen) atoms. The summed E-state index contributed by atoms with van der Waals surface area (Å²) in [6, 6.07) is 0. The third kappa shape index (κ3) is 44.0. The maximum Gasteiger partial charge on any atom is 0.310 e. The van der Waals surface area contributed by atoms with Crippen molar-refractivity contribution in [2.45, 2.75) is 226 Å². The second kappa shape index (κ2) is 46.5. The van der Waals surface area contributed by atoms with Crippen molar-refractivity contribution in [3.8, 4) is 0 Å². The molecular weight excluding hydrogens is 721 g/mol. The van der Waals surface area contributed by atoms with E-state index in [4.69, 9.17) is 14.2 Å². The van der Waals surface area contributed by atoms with Crippen molar-refractivity contribution in [1.29, 1.82) is 0 Å². The van der Waals surface area contributed by atoms with Gasteiger partial charge in [-0.15, -0.1) is 0 Å². The molecule has 0 heterocycles. The number of carbonyl (C=O) groups excluding carboxylic acids is 3. The molecule has 1 unspecified atom stereocenters. The number of carbonyl (C=O) groups is 3. The molecule has 0 N–H and O–H groups in total. The Morgan fingerprint density at radius 3 is 1.12 bits per heavy atom. The molecule has 0 radical (unpaired) electrons. The summed E-state index contributed by atoms with van der Waals surface area (Å²) in [5, 5.41) is 0. The van der Waals surface area contributed by atoms with Crippen molar-refractivity contribution in [1.82, 2.24) is 0 Å². The first-order valence-electron chi connectivity index (χ1n) is 23.9. The van der Waals surface area contributed by atoms with Crippen LogP contribution in [0.5, 0.6) is 0 Å². The molecule has 0 aromatic rings. The quantitative estimate of drug-likeness (QED) is 0.0264. The van der Waals surface area contributed by atoms with Crippen molar-refractivity contribution in [3.63, 3.8) is 0 Å². The molecule has 0 aromatic carbocycles. The van der Waals surface area contributed by atoms with E-state index in [1.54, 1.807) is 6.08 Å². The monoisotopic (exact) mass is 809 g/mol. The van der Waals surface area contributed by atoms with Crippen LogP contribution in [0.3, 0.4) is 0 Å². The topological polar surface area (TPSA) is 78.9 Å². The highest BCUT2D eigenvalue weighted by Crippen LogP contribution is 2.13. The first-order valence-corrected chi connectivity index (χ1v) is 23.9. The summed E-state index contributed by atoms with van der Waals surface area (Å²) in [7, 11) is 0. The second-order valence-corrected chi connectivity index (χ2v) is 15.7. The molecule has 0 fully saturated rings. The molecule has 1 atom stereocenters. The fourth-order valence-electron chi connectivity index (χ4n) is 6.39. The number of hydrogen-bond acceptors (Lipinski definition) is 6. The van der Waals surface area contributed by atoms with Crippen molar-refractivity contribution < 1.29 is 28.6 Å². The van der Waals surface area contributed by atoms with E-state index < -0.39 is 12.1 Å². The predicted octanol–water partition coefficient (Wildman–Crippen LogP) is 15.5. The molecule has 0 amide bonds. The molecule has 0 bridgehead atoms. The summed E-state index contributed by atoms with van der Waals surface area (Å²) >= 11 is 0. The standard InChI is InChI=1S/C52H88O6/c1-4-7-10-13-16-19-21-23-25-26-28-29-31-33-36-39-42-45-51(54)57-48-49(47-56-50(53)44-41-38-35-18-15-12-9-6-3)58-52(55)46-43-40-37-34-32-30-27-24-22-20-17-14-11-8-5-2/h8,11,17,20,23-25,27,32,34,40,43,49H,4-7,9-10,12-16,18-19,21-22,26,28-31,33,35-39,41-42,44-48H2,1-3H3/b11-8-,20-17-,25-23-,27-24-,34-32-,43-40-. The second-order valence-electron chi connectivity index (χ2n) is 15.7. The van der Waals surface area contributed by atoms with Crippen LogP contribution in [0, 0.1) is 0 Å². The van der Waals surface area contributed by atoms with E-state index >= 15 is 0 Å². The number of unbranched alkanes of at least 4 members (excludes halogenated alkanes) is 20. The van der Waals surface area contributed by atoms with Gasteiger partial charge in [0.05, 0.1) is 6.42 Å². The molecular formula is C52H88O6. The third-order valence-corrected chi connectivity index (χ3v) is 9.98. The summed E-state index contributed by atoms with van der Waals surface area (Å²) in [6.07, 6.45) is 57.7. The molecule has 332 valence electrons. The van der Waals surface area contributed by atoms with Gasteiger partial charge in [0.15, 0.2) is 6.10 Å². The number of allylic oxidation sites excluding steroid dienone is 11. The van der Waals surface area contributed by atoms with Crippen molar-refractivity contribution in [2.24, 2.45) is 0 Å². The van der Waals surface area contributed by atoms with Crippen LogP contribution in [0.15, 0.2) is 72.9 Å². The van der Waals surface area contributed by atoms with Crippen molar-refractivity contribution in [2.75, 3.05) is 13.2 Å². The summed E-state index contributed by atoms with van der Waals surface area (Å²) in [6.45, 7) is 6.39. The lowest BCUT2D eigenvalue weighted by Crippen LogP contribution is -2.30. The fraction of sp³-hybridized carbons (Fsp3) is 0.712. The lowest BCUT2D eigenvalue weighted by Gasteiger charge is -2.18. The Bertz CT molecular complexity index is 1110. The van der Waals surface area contributed by atoms with Gasteiger partial charge in [0.25, 0.3) is 0 Å². The number of ether oxygens (including phenoxy) is 3.